The number of rotatable bonds is 7. The third-order valence-electron chi connectivity index (χ3n) is 3.31. The molecule has 2 aromatic carbocycles. The summed E-state index contributed by atoms with van der Waals surface area (Å²) >= 11 is 0. The summed E-state index contributed by atoms with van der Waals surface area (Å²) in [5, 5.41) is 2.86. The summed E-state index contributed by atoms with van der Waals surface area (Å²) in [5.74, 6) is 0.298. The summed E-state index contributed by atoms with van der Waals surface area (Å²) in [5.41, 5.74) is 0.985. The highest BCUT2D eigenvalue weighted by Crippen LogP contribution is 2.12. The fourth-order valence-corrected chi connectivity index (χ4v) is 2.08. The van der Waals surface area contributed by atoms with Crippen molar-refractivity contribution in [2.24, 2.45) is 0 Å². The molecule has 0 aliphatic heterocycles. The highest BCUT2D eigenvalue weighted by atomic mass is 19.1. The van der Waals surface area contributed by atoms with Crippen LogP contribution in [0.15, 0.2) is 54.6 Å². The average molecular weight is 301 g/mol. The molecule has 0 aliphatic carbocycles. The van der Waals surface area contributed by atoms with Crippen molar-refractivity contribution in [1.82, 2.24) is 5.32 Å². The van der Waals surface area contributed by atoms with Crippen LogP contribution in [0.3, 0.4) is 0 Å². The number of carbonyl (C=O) groups excluding carboxylic acids is 1. The van der Waals surface area contributed by atoms with E-state index < -0.39 is 6.10 Å². The van der Waals surface area contributed by atoms with Gasteiger partial charge in [-0.3, -0.25) is 4.79 Å². The second-order valence-corrected chi connectivity index (χ2v) is 5.00. The molecule has 0 fully saturated rings. The zero-order valence-corrected chi connectivity index (χ0v) is 12.6. The molecular weight excluding hydrogens is 281 g/mol. The fourth-order valence-electron chi connectivity index (χ4n) is 2.08. The maximum Gasteiger partial charge on any atom is 0.261 e. The monoisotopic (exact) mass is 301 g/mol. The Hall–Kier alpha value is -2.36. The van der Waals surface area contributed by atoms with E-state index in [0.29, 0.717) is 25.1 Å². The molecule has 2 aromatic rings. The van der Waals surface area contributed by atoms with Gasteiger partial charge < -0.3 is 10.1 Å². The maximum absolute atomic E-state index is 12.8. The number of ether oxygens (including phenoxy) is 1. The van der Waals surface area contributed by atoms with Crippen LogP contribution < -0.4 is 10.1 Å². The Bertz CT molecular complexity index is 584. The van der Waals surface area contributed by atoms with Gasteiger partial charge in [-0.05, 0) is 42.7 Å². The van der Waals surface area contributed by atoms with Gasteiger partial charge in [0.25, 0.3) is 5.91 Å². The second kappa shape index (κ2) is 8.17. The first-order chi connectivity index (χ1) is 10.7. The van der Waals surface area contributed by atoms with Crippen LogP contribution in [-0.4, -0.2) is 18.6 Å². The van der Waals surface area contributed by atoms with Crippen LogP contribution in [0.4, 0.5) is 4.39 Å². The molecule has 0 aliphatic rings. The number of hydrogen-bond donors (Lipinski definition) is 1. The fraction of sp³-hybridized carbons (Fsp3) is 0.278. The van der Waals surface area contributed by atoms with Crippen LogP contribution in [0.1, 0.15) is 18.9 Å². The maximum atomic E-state index is 12.8. The number of hydrogen-bond acceptors (Lipinski definition) is 2. The lowest BCUT2D eigenvalue weighted by Crippen LogP contribution is -2.38. The number of benzene rings is 2. The standard InChI is InChI=1S/C18H20FNO2/c1-2-17(22-16-6-4-3-5-7-16)18(21)20-13-12-14-8-10-15(19)11-9-14/h3-11,17H,2,12-13H2,1H3,(H,20,21). The number of carbonyl (C=O) groups is 1. The molecule has 1 amide bonds. The third kappa shape index (κ3) is 4.88. The largest absolute Gasteiger partial charge is 0.481 e. The van der Waals surface area contributed by atoms with Crippen molar-refractivity contribution in [3.05, 3.63) is 66.0 Å². The Kier molecular flexibility index (Phi) is 5.95. The zero-order chi connectivity index (χ0) is 15.8. The van der Waals surface area contributed by atoms with Gasteiger partial charge >= 0.3 is 0 Å². The van der Waals surface area contributed by atoms with Crippen molar-refractivity contribution in [1.29, 1.82) is 0 Å². The topological polar surface area (TPSA) is 38.3 Å². The van der Waals surface area contributed by atoms with Gasteiger partial charge in [0.2, 0.25) is 0 Å². The van der Waals surface area contributed by atoms with Crippen molar-refractivity contribution in [3.8, 4) is 5.75 Å². The van der Waals surface area contributed by atoms with E-state index in [0.717, 1.165) is 5.56 Å². The summed E-state index contributed by atoms with van der Waals surface area (Å²) in [7, 11) is 0. The van der Waals surface area contributed by atoms with Gasteiger partial charge in [0, 0.05) is 6.54 Å². The van der Waals surface area contributed by atoms with Gasteiger partial charge in [0.1, 0.15) is 11.6 Å². The summed E-state index contributed by atoms with van der Waals surface area (Å²) in [4.78, 5) is 12.1. The predicted molar refractivity (Wildman–Crippen MR) is 84.3 cm³/mol. The highest BCUT2D eigenvalue weighted by molar-refractivity contribution is 5.81. The number of amides is 1. The number of halogens is 1. The molecule has 22 heavy (non-hydrogen) atoms. The first-order valence-corrected chi connectivity index (χ1v) is 7.43. The third-order valence-corrected chi connectivity index (χ3v) is 3.31. The molecular formula is C18H20FNO2. The van der Waals surface area contributed by atoms with E-state index in [1.54, 1.807) is 12.1 Å². The van der Waals surface area contributed by atoms with E-state index in [-0.39, 0.29) is 11.7 Å². The van der Waals surface area contributed by atoms with Gasteiger partial charge in [-0.15, -0.1) is 0 Å². The van der Waals surface area contributed by atoms with Crippen molar-refractivity contribution < 1.29 is 13.9 Å². The molecule has 3 nitrogen and oxygen atoms in total. The molecule has 2 rings (SSSR count). The Balaban J connectivity index is 1.80. The smallest absolute Gasteiger partial charge is 0.261 e. The molecule has 116 valence electrons. The molecule has 0 saturated carbocycles. The van der Waals surface area contributed by atoms with Crippen LogP contribution in [0.25, 0.3) is 0 Å². The molecule has 1 N–H and O–H groups in total. The molecule has 1 unspecified atom stereocenters. The predicted octanol–water partition coefficient (Wildman–Crippen LogP) is 3.34. The quantitative estimate of drug-likeness (QED) is 0.852. The Morgan fingerprint density at radius 2 is 1.82 bits per heavy atom. The highest BCUT2D eigenvalue weighted by Gasteiger charge is 2.17. The molecule has 1 atom stereocenters. The van der Waals surface area contributed by atoms with Crippen molar-refractivity contribution in [3.63, 3.8) is 0 Å². The van der Waals surface area contributed by atoms with Crippen LogP contribution in [0, 0.1) is 5.82 Å². The van der Waals surface area contributed by atoms with E-state index in [1.165, 1.54) is 12.1 Å². The molecule has 0 radical (unpaired) electrons. The number of para-hydroxylation sites is 1. The van der Waals surface area contributed by atoms with Gasteiger partial charge in [-0.1, -0.05) is 37.3 Å². The summed E-state index contributed by atoms with van der Waals surface area (Å²) in [6, 6.07) is 15.6. The lowest BCUT2D eigenvalue weighted by molar-refractivity contribution is -0.128. The summed E-state index contributed by atoms with van der Waals surface area (Å²) in [6.07, 6.45) is 0.751. The van der Waals surface area contributed by atoms with Crippen molar-refractivity contribution >= 4 is 5.91 Å². The Morgan fingerprint density at radius 1 is 1.14 bits per heavy atom. The molecule has 0 heterocycles. The lowest BCUT2D eigenvalue weighted by atomic mass is 10.1. The SMILES string of the molecule is CCC(Oc1ccccc1)C(=O)NCCc1ccc(F)cc1. The lowest BCUT2D eigenvalue weighted by Gasteiger charge is -2.17. The molecule has 0 saturated heterocycles. The van der Waals surface area contributed by atoms with Crippen molar-refractivity contribution in [2.45, 2.75) is 25.9 Å². The van der Waals surface area contributed by atoms with Crippen LogP contribution >= 0.6 is 0 Å². The molecule has 4 heteroatoms. The Morgan fingerprint density at radius 3 is 2.45 bits per heavy atom. The second-order valence-electron chi connectivity index (χ2n) is 5.00. The van der Waals surface area contributed by atoms with Crippen LogP contribution in [-0.2, 0) is 11.2 Å². The van der Waals surface area contributed by atoms with E-state index >= 15 is 0 Å². The zero-order valence-electron chi connectivity index (χ0n) is 12.6. The first kappa shape index (κ1) is 16.0. The van der Waals surface area contributed by atoms with E-state index in [9.17, 15) is 9.18 Å². The van der Waals surface area contributed by atoms with Gasteiger partial charge in [0.15, 0.2) is 6.10 Å². The van der Waals surface area contributed by atoms with E-state index in [1.807, 2.05) is 37.3 Å². The average Bonchev–Trinajstić information content (AvgIpc) is 2.55. The van der Waals surface area contributed by atoms with Gasteiger partial charge in [0.05, 0.1) is 0 Å². The Labute approximate surface area is 130 Å². The van der Waals surface area contributed by atoms with Gasteiger partial charge in [-0.2, -0.15) is 0 Å². The van der Waals surface area contributed by atoms with Crippen LogP contribution in [0.5, 0.6) is 5.75 Å². The minimum absolute atomic E-state index is 0.131. The minimum Gasteiger partial charge on any atom is -0.481 e. The summed E-state index contributed by atoms with van der Waals surface area (Å²) in [6.45, 7) is 2.41. The first-order valence-electron chi connectivity index (χ1n) is 7.43. The minimum atomic E-state index is -0.504. The molecule has 0 aromatic heterocycles. The summed E-state index contributed by atoms with van der Waals surface area (Å²) < 4.78 is 18.5. The van der Waals surface area contributed by atoms with Crippen LogP contribution in [0.2, 0.25) is 0 Å². The van der Waals surface area contributed by atoms with E-state index in [4.69, 9.17) is 4.74 Å². The van der Waals surface area contributed by atoms with Crippen molar-refractivity contribution in [2.75, 3.05) is 6.54 Å². The van der Waals surface area contributed by atoms with E-state index in [2.05, 4.69) is 5.32 Å². The molecule has 0 spiro atoms. The van der Waals surface area contributed by atoms with Gasteiger partial charge in [-0.25, -0.2) is 4.39 Å². The molecule has 0 bridgehead atoms. The number of nitrogens with one attached hydrogen (secondary N) is 1. The normalized spacial score (nSPS) is 11.7.